The Hall–Kier alpha value is -4.22. The molecule has 262 valence electrons. The number of amides is 2. The van der Waals surface area contributed by atoms with Crippen LogP contribution in [0.2, 0.25) is 0 Å². The van der Waals surface area contributed by atoms with E-state index in [1.54, 1.807) is 6.92 Å². The van der Waals surface area contributed by atoms with Crippen molar-refractivity contribution in [1.29, 1.82) is 0 Å². The number of hydrogen-bond donors (Lipinski definition) is 2. The number of nitrogens with one attached hydrogen (secondary N) is 1. The molecule has 4 atom stereocenters. The molecule has 0 aliphatic carbocycles. The summed E-state index contributed by atoms with van der Waals surface area (Å²) in [5, 5.41) is 13.3. The Morgan fingerprint density at radius 1 is 1.00 bits per heavy atom. The van der Waals surface area contributed by atoms with Gasteiger partial charge in [0.05, 0.1) is 18.3 Å². The third-order valence-electron chi connectivity index (χ3n) is 8.25. The normalized spacial score (nSPS) is 14.1. The van der Waals surface area contributed by atoms with E-state index in [9.17, 15) is 19.1 Å². The average Bonchev–Trinajstić information content (AvgIpc) is 3.47. The van der Waals surface area contributed by atoms with E-state index in [4.69, 9.17) is 9.72 Å². The second kappa shape index (κ2) is 16.9. The fraction of sp³-hybridized carbons (Fsp3) is 0.395. The van der Waals surface area contributed by atoms with Gasteiger partial charge in [0.25, 0.3) is 5.91 Å². The number of aromatic nitrogens is 1. The monoisotopic (exact) mass is 695 g/mol. The summed E-state index contributed by atoms with van der Waals surface area (Å²) in [6, 6.07) is 21.1. The topological polar surface area (TPSA) is 91.8 Å². The second-order valence-electron chi connectivity index (χ2n) is 13.2. The number of benzene rings is 3. The molecule has 0 fully saturated rings. The van der Waals surface area contributed by atoms with Crippen molar-refractivity contribution in [3.05, 3.63) is 112 Å². The Labute approximate surface area is 290 Å². The van der Waals surface area contributed by atoms with Gasteiger partial charge in [-0.15, -0.1) is 11.3 Å². The van der Waals surface area contributed by atoms with Gasteiger partial charge in [0, 0.05) is 29.3 Å². The molecule has 2 N–H and O–H groups in total. The van der Waals surface area contributed by atoms with Crippen LogP contribution in [-0.4, -0.2) is 52.4 Å². The molecule has 0 radical (unpaired) electrons. The van der Waals surface area contributed by atoms with Crippen molar-refractivity contribution in [3.8, 4) is 10.6 Å². The lowest BCUT2D eigenvalue weighted by molar-refractivity contribution is -0.146. The molecule has 2 amide bonds. The van der Waals surface area contributed by atoms with Crippen molar-refractivity contribution in [2.75, 3.05) is 13.1 Å². The molecule has 0 bridgehead atoms. The lowest BCUT2D eigenvalue weighted by Gasteiger charge is -2.42. The van der Waals surface area contributed by atoms with E-state index in [-0.39, 0.29) is 30.3 Å². The fourth-order valence-electron chi connectivity index (χ4n) is 5.72. The number of alkyl halides is 1. The first kappa shape index (κ1) is 37.6. The predicted molar refractivity (Wildman–Crippen MR) is 186 cm³/mol. The number of nitrogens with zero attached hydrogens (tertiary/aromatic N) is 2. The zero-order valence-corrected chi connectivity index (χ0v) is 29.3. The number of hydrogen-bond acceptors (Lipinski definition) is 6. The first-order chi connectivity index (χ1) is 23.3. The Morgan fingerprint density at radius 2 is 1.63 bits per heavy atom. The Balaban J connectivity index is 1.68. The molecule has 0 aliphatic rings. The maximum absolute atomic E-state index is 15.9. The van der Waals surface area contributed by atoms with Gasteiger partial charge >= 0.3 is 6.09 Å². The van der Waals surface area contributed by atoms with E-state index >= 15 is 8.78 Å². The lowest BCUT2D eigenvalue weighted by Crippen LogP contribution is -2.49. The minimum absolute atomic E-state index is 0.00731. The van der Waals surface area contributed by atoms with Crippen LogP contribution < -0.4 is 5.32 Å². The number of carbonyl (C=O) groups excluding carboxylic acids is 2. The predicted octanol–water partition coefficient (Wildman–Crippen LogP) is 8.27. The Kier molecular flexibility index (Phi) is 13.0. The lowest BCUT2D eigenvalue weighted by atomic mass is 9.81. The number of rotatable bonds is 14. The molecule has 1 heterocycles. The summed E-state index contributed by atoms with van der Waals surface area (Å²) >= 11 is 1.20. The number of carbonyl (C=O) groups is 2. The molecule has 0 saturated carbocycles. The minimum Gasteiger partial charge on any atom is -0.445 e. The number of alkyl carbamates (subject to hydrolysis) is 1. The van der Waals surface area contributed by atoms with Gasteiger partial charge in [-0.3, -0.25) is 4.79 Å². The quantitative estimate of drug-likeness (QED) is 0.139. The summed E-state index contributed by atoms with van der Waals surface area (Å²) in [5.41, 5.74) is 1.48. The van der Waals surface area contributed by atoms with Crippen molar-refractivity contribution < 1.29 is 32.6 Å². The summed E-state index contributed by atoms with van der Waals surface area (Å²) in [6.07, 6.45) is -3.03. The zero-order chi connectivity index (χ0) is 35.7. The molecule has 0 spiro atoms. The zero-order valence-electron chi connectivity index (χ0n) is 28.5. The van der Waals surface area contributed by atoms with Crippen molar-refractivity contribution in [2.45, 2.75) is 72.4 Å². The van der Waals surface area contributed by atoms with E-state index in [0.29, 0.717) is 18.5 Å². The molecular formula is C38H44F3N3O4S. The van der Waals surface area contributed by atoms with Gasteiger partial charge in [0.1, 0.15) is 35.5 Å². The van der Waals surface area contributed by atoms with E-state index in [0.717, 1.165) is 34.2 Å². The molecular weight excluding hydrogens is 651 g/mol. The smallest absolute Gasteiger partial charge is 0.407 e. The summed E-state index contributed by atoms with van der Waals surface area (Å²) in [7, 11) is 0. The van der Waals surface area contributed by atoms with Gasteiger partial charge in [-0.25, -0.2) is 22.9 Å². The van der Waals surface area contributed by atoms with Gasteiger partial charge < -0.3 is 20.1 Å². The highest BCUT2D eigenvalue weighted by Gasteiger charge is 2.41. The minimum atomic E-state index is -1.56. The van der Waals surface area contributed by atoms with Gasteiger partial charge in [-0.05, 0) is 48.1 Å². The number of aliphatic hydroxyl groups is 1. The highest BCUT2D eigenvalue weighted by molar-refractivity contribution is 7.15. The van der Waals surface area contributed by atoms with Crippen LogP contribution in [0.1, 0.15) is 68.8 Å². The highest BCUT2D eigenvalue weighted by atomic mass is 32.1. The van der Waals surface area contributed by atoms with Crippen molar-refractivity contribution in [2.24, 2.45) is 11.3 Å². The average molecular weight is 696 g/mol. The van der Waals surface area contributed by atoms with Crippen LogP contribution in [0.5, 0.6) is 0 Å². The van der Waals surface area contributed by atoms with Gasteiger partial charge in [-0.2, -0.15) is 0 Å². The summed E-state index contributed by atoms with van der Waals surface area (Å²) in [5.74, 6) is -2.62. The van der Waals surface area contributed by atoms with E-state index in [1.165, 1.54) is 23.2 Å². The first-order valence-electron chi connectivity index (χ1n) is 16.3. The standard InChI is InChI=1S/C38H44F3N3O4S/c1-6-27(31(41)21-42-37(47)48-23-26-15-11-8-12-16-26)22-44(36(46)24(2)45)34(38(3,4)5)33-32(19-25-13-9-7-10-14-25)49-35(43-33)29-20-28(39)17-18-30(29)40/h7-18,20,24,27,31,34,45H,6,19,21-23H2,1-5H3,(H,42,47)/t24-,27-,31-,34-/m0/s1. The maximum Gasteiger partial charge on any atom is 0.407 e. The molecule has 0 aliphatic heterocycles. The van der Waals surface area contributed by atoms with E-state index < -0.39 is 53.3 Å². The summed E-state index contributed by atoms with van der Waals surface area (Å²) < 4.78 is 50.5. The second-order valence-corrected chi connectivity index (χ2v) is 14.3. The molecule has 4 rings (SSSR count). The molecule has 7 nitrogen and oxygen atoms in total. The Morgan fingerprint density at radius 3 is 2.22 bits per heavy atom. The van der Waals surface area contributed by atoms with Crippen LogP contribution in [0, 0.1) is 23.0 Å². The summed E-state index contributed by atoms with van der Waals surface area (Å²) in [6.45, 7) is 8.46. The largest absolute Gasteiger partial charge is 0.445 e. The molecule has 4 aromatic rings. The number of aliphatic hydroxyl groups excluding tert-OH is 1. The molecule has 3 aromatic carbocycles. The van der Waals surface area contributed by atoms with Crippen molar-refractivity contribution in [3.63, 3.8) is 0 Å². The van der Waals surface area contributed by atoms with Gasteiger partial charge in [-0.1, -0.05) is 88.4 Å². The van der Waals surface area contributed by atoms with Crippen molar-refractivity contribution in [1.82, 2.24) is 15.2 Å². The van der Waals surface area contributed by atoms with Crippen LogP contribution in [0.15, 0.2) is 78.9 Å². The number of ether oxygens (including phenoxy) is 1. The molecule has 11 heteroatoms. The van der Waals surface area contributed by atoms with Gasteiger partial charge in [0.15, 0.2) is 0 Å². The number of thiazole rings is 1. The molecule has 1 aromatic heterocycles. The van der Waals surface area contributed by atoms with Crippen LogP contribution in [0.3, 0.4) is 0 Å². The highest BCUT2D eigenvalue weighted by Crippen LogP contribution is 2.44. The molecule has 0 saturated heterocycles. The summed E-state index contributed by atoms with van der Waals surface area (Å²) in [4.78, 5) is 33.2. The molecule has 0 unspecified atom stereocenters. The van der Waals surface area contributed by atoms with E-state index in [2.05, 4.69) is 5.32 Å². The van der Waals surface area contributed by atoms with Crippen LogP contribution in [0.4, 0.5) is 18.0 Å². The molecule has 49 heavy (non-hydrogen) atoms. The maximum atomic E-state index is 15.9. The first-order valence-corrected chi connectivity index (χ1v) is 17.2. The van der Waals surface area contributed by atoms with Crippen LogP contribution >= 0.6 is 11.3 Å². The van der Waals surface area contributed by atoms with E-state index in [1.807, 2.05) is 81.4 Å². The van der Waals surface area contributed by atoms with Crippen LogP contribution in [-0.2, 0) is 22.6 Å². The third-order valence-corrected chi connectivity index (χ3v) is 9.35. The SMILES string of the molecule is CC[C@@H](CN(C(=O)[C@H](C)O)[C@@H](c1nc(-c2cc(F)ccc2F)sc1Cc1ccccc1)C(C)(C)C)[C@@H](F)CNC(=O)OCc1ccccc1. The third kappa shape index (κ3) is 10.1. The fourth-order valence-corrected chi connectivity index (χ4v) is 6.87. The number of halogens is 3. The van der Waals surface area contributed by atoms with Crippen LogP contribution in [0.25, 0.3) is 10.6 Å². The van der Waals surface area contributed by atoms with Crippen molar-refractivity contribution >= 4 is 23.3 Å². The Bertz CT molecular complexity index is 1680. The van der Waals surface area contributed by atoms with Gasteiger partial charge in [0.2, 0.25) is 0 Å².